The molecule has 386 valence electrons. The standard InChI is InChI=1S/C64H46Cl2N8O5/c1-3-33-9-5-7-11-51(33)69-64(78)50-27-36-14-20-46-48-30-40(66)16-24-54(48)68-59(46)57(36)61(63(50)77)73-70-41-17-21-43-37(26-41)28-55(75)49-31-42(18-22-44(43)49)71-72-60-56-35(13-19-45-47-29-39(65)15-23-53(47)67-58(45)56)25-38(62(60)76)32-79-74-52-12-8-6-10-34(52)4-2/h5-27,29-31,67-68,74,76-77H,3-4,28,32H2,1-2H3,(H,69,78). The van der Waals surface area contributed by atoms with Crippen LogP contribution in [0.1, 0.15) is 56.8 Å². The van der Waals surface area contributed by atoms with Gasteiger partial charge in [-0.1, -0.05) is 110 Å². The number of aromatic hydroxyl groups is 2. The Hall–Kier alpha value is -9.40. The van der Waals surface area contributed by atoms with Crippen molar-refractivity contribution in [2.24, 2.45) is 20.5 Å². The highest BCUT2D eigenvalue weighted by atomic mass is 35.5. The zero-order valence-corrected chi connectivity index (χ0v) is 44.0. The summed E-state index contributed by atoms with van der Waals surface area (Å²) >= 11 is 12.9. The Labute approximate surface area is 461 Å². The zero-order chi connectivity index (χ0) is 54.1. The lowest BCUT2D eigenvalue weighted by Gasteiger charge is -2.19. The predicted molar refractivity (Wildman–Crippen MR) is 316 cm³/mol. The average Bonchev–Trinajstić information content (AvgIpc) is 4.27. The molecule has 10 aromatic carbocycles. The number of benzene rings is 10. The van der Waals surface area contributed by atoms with Crippen LogP contribution in [-0.4, -0.2) is 31.9 Å². The van der Waals surface area contributed by atoms with Crippen LogP contribution in [0.2, 0.25) is 10.0 Å². The van der Waals surface area contributed by atoms with Crippen LogP contribution in [0, 0.1) is 0 Å². The number of rotatable bonds is 12. The quantitative estimate of drug-likeness (QED) is 0.0521. The number of aromatic nitrogens is 2. The van der Waals surface area contributed by atoms with E-state index in [0.29, 0.717) is 71.9 Å². The number of hydrogen-bond donors (Lipinski definition) is 6. The average molecular weight is 1080 g/mol. The lowest BCUT2D eigenvalue weighted by molar-refractivity contribution is 0.0989. The molecule has 0 atom stereocenters. The van der Waals surface area contributed by atoms with Crippen molar-refractivity contribution in [3.63, 3.8) is 0 Å². The fourth-order valence-corrected chi connectivity index (χ4v) is 11.3. The van der Waals surface area contributed by atoms with Crippen molar-refractivity contribution in [3.8, 4) is 22.6 Å². The predicted octanol–water partition coefficient (Wildman–Crippen LogP) is 18.1. The summed E-state index contributed by atoms with van der Waals surface area (Å²) < 4.78 is 0. The second kappa shape index (κ2) is 19.9. The van der Waals surface area contributed by atoms with Crippen molar-refractivity contribution in [1.29, 1.82) is 0 Å². The van der Waals surface area contributed by atoms with Gasteiger partial charge in [0.15, 0.2) is 11.5 Å². The van der Waals surface area contributed by atoms with Gasteiger partial charge in [0.1, 0.15) is 23.7 Å². The molecule has 1 aliphatic rings. The minimum atomic E-state index is -0.502. The Balaban J connectivity index is 0.846. The van der Waals surface area contributed by atoms with Crippen LogP contribution in [0.25, 0.3) is 76.3 Å². The molecule has 15 heteroatoms. The highest BCUT2D eigenvalue weighted by Gasteiger charge is 2.26. The molecule has 6 N–H and O–H groups in total. The third-order valence-corrected chi connectivity index (χ3v) is 15.4. The number of amides is 1. The van der Waals surface area contributed by atoms with Gasteiger partial charge >= 0.3 is 0 Å². The smallest absolute Gasteiger partial charge is 0.259 e. The number of carbonyl (C=O) groups is 2. The molecule has 2 aromatic heterocycles. The van der Waals surface area contributed by atoms with Gasteiger partial charge in [-0.25, -0.2) is 0 Å². The minimum absolute atomic E-state index is 0.0173. The van der Waals surface area contributed by atoms with Crippen LogP contribution in [0.3, 0.4) is 0 Å². The number of ketones is 1. The van der Waals surface area contributed by atoms with E-state index in [1.165, 1.54) is 0 Å². The molecular formula is C64H46Cl2N8O5. The molecule has 13 nitrogen and oxygen atoms in total. The number of phenolic OH excluding ortho intramolecular Hbond substituents is 2. The number of Topliss-reactive ketones (excluding diaryl/α,β-unsaturated/α-hetero) is 1. The van der Waals surface area contributed by atoms with Gasteiger partial charge in [-0.2, -0.15) is 10.2 Å². The van der Waals surface area contributed by atoms with Crippen molar-refractivity contribution < 1.29 is 24.6 Å². The van der Waals surface area contributed by atoms with E-state index in [2.05, 4.69) is 37.9 Å². The van der Waals surface area contributed by atoms with Crippen LogP contribution >= 0.6 is 23.2 Å². The van der Waals surface area contributed by atoms with E-state index >= 15 is 0 Å². The Morgan fingerprint density at radius 3 is 1.78 bits per heavy atom. The van der Waals surface area contributed by atoms with Gasteiger partial charge in [0.2, 0.25) is 0 Å². The van der Waals surface area contributed by atoms with E-state index in [-0.39, 0.29) is 47.2 Å². The van der Waals surface area contributed by atoms with Gasteiger partial charge in [-0.15, -0.1) is 10.2 Å². The summed E-state index contributed by atoms with van der Waals surface area (Å²) in [6, 6.07) is 48.9. The molecule has 79 heavy (non-hydrogen) atoms. The van der Waals surface area contributed by atoms with Crippen LogP contribution in [0.4, 0.5) is 34.1 Å². The number of phenols is 2. The molecule has 12 aromatic rings. The van der Waals surface area contributed by atoms with Gasteiger partial charge in [0, 0.05) is 76.6 Å². The molecule has 0 unspecified atom stereocenters. The molecule has 0 aliphatic heterocycles. The number of para-hydroxylation sites is 2. The maximum atomic E-state index is 14.1. The maximum absolute atomic E-state index is 14.1. The highest BCUT2D eigenvalue weighted by Crippen LogP contribution is 2.47. The number of halogens is 2. The summed E-state index contributed by atoms with van der Waals surface area (Å²) in [5, 5.41) is 53.3. The van der Waals surface area contributed by atoms with Gasteiger partial charge in [-0.3, -0.25) is 19.9 Å². The largest absolute Gasteiger partial charge is 0.505 e. The normalized spacial score (nSPS) is 12.5. The second-order valence-corrected chi connectivity index (χ2v) is 20.5. The Morgan fingerprint density at radius 1 is 0.570 bits per heavy atom. The topological polar surface area (TPSA) is 189 Å². The molecule has 2 heterocycles. The molecule has 13 rings (SSSR count). The number of aryl methyl sites for hydroxylation is 2. The van der Waals surface area contributed by atoms with E-state index in [9.17, 15) is 19.8 Å². The third-order valence-electron chi connectivity index (χ3n) is 14.9. The van der Waals surface area contributed by atoms with E-state index in [1.807, 2.05) is 134 Å². The number of H-pyrrole nitrogens is 2. The van der Waals surface area contributed by atoms with E-state index < -0.39 is 5.91 Å². The monoisotopic (exact) mass is 1080 g/mol. The number of fused-ring (bicyclic) bond motifs is 13. The summed E-state index contributed by atoms with van der Waals surface area (Å²) in [5.41, 5.74) is 14.2. The summed E-state index contributed by atoms with van der Waals surface area (Å²) in [6.45, 7) is 4.10. The SMILES string of the molecule is CCc1ccccc1NOCc1cc2ccc3c4cc(Cl)ccc4[nH]c3c2c(N=Nc2ccc3c(c2)C(=O)Cc2cc(N=Nc4c(O)c(C(=O)Nc5ccccc5CC)cc5ccc6c7cc(Cl)ccc7[nH]c6c45)ccc2-3)c1O. The van der Waals surface area contributed by atoms with Crippen LogP contribution in [-0.2, 0) is 30.7 Å². The van der Waals surface area contributed by atoms with Crippen molar-refractivity contribution in [3.05, 3.63) is 201 Å². The van der Waals surface area contributed by atoms with Gasteiger partial charge < -0.3 is 25.5 Å². The van der Waals surface area contributed by atoms with Crippen LogP contribution < -0.4 is 10.8 Å². The molecule has 0 bridgehead atoms. The molecular weight excluding hydrogens is 1030 g/mol. The molecule has 1 amide bonds. The summed E-state index contributed by atoms with van der Waals surface area (Å²) in [7, 11) is 0. The molecule has 0 spiro atoms. The van der Waals surface area contributed by atoms with Crippen LogP contribution in [0.5, 0.6) is 11.5 Å². The molecule has 0 radical (unpaired) electrons. The van der Waals surface area contributed by atoms with Crippen molar-refractivity contribution in [2.75, 3.05) is 10.8 Å². The van der Waals surface area contributed by atoms with E-state index in [0.717, 1.165) is 77.8 Å². The zero-order valence-electron chi connectivity index (χ0n) is 42.5. The molecule has 0 saturated heterocycles. The van der Waals surface area contributed by atoms with Gasteiger partial charge in [0.25, 0.3) is 5.91 Å². The Bertz CT molecular complexity index is 4620. The highest BCUT2D eigenvalue weighted by molar-refractivity contribution is 6.33. The lowest BCUT2D eigenvalue weighted by Crippen LogP contribution is -2.13. The fraction of sp³-hybridized carbons (Fsp3) is 0.0938. The lowest BCUT2D eigenvalue weighted by atomic mass is 9.84. The Kier molecular flexibility index (Phi) is 12.4. The van der Waals surface area contributed by atoms with Crippen molar-refractivity contribution in [2.45, 2.75) is 39.7 Å². The number of nitrogens with zero attached hydrogens (tertiary/aromatic N) is 4. The first-order valence-electron chi connectivity index (χ1n) is 25.8. The summed E-state index contributed by atoms with van der Waals surface area (Å²) in [4.78, 5) is 41.2. The van der Waals surface area contributed by atoms with Crippen molar-refractivity contribution >= 4 is 134 Å². The second-order valence-electron chi connectivity index (χ2n) is 19.6. The Morgan fingerprint density at radius 2 is 1.14 bits per heavy atom. The number of nitrogens with one attached hydrogen (secondary N) is 4. The van der Waals surface area contributed by atoms with Gasteiger partial charge in [0.05, 0.1) is 33.7 Å². The molecule has 0 fully saturated rings. The third kappa shape index (κ3) is 8.74. The number of carbonyl (C=O) groups excluding carboxylic acids is 2. The number of hydrogen-bond acceptors (Lipinski definition) is 10. The summed E-state index contributed by atoms with van der Waals surface area (Å²) in [6.07, 6.45) is 1.58. The first kappa shape index (κ1) is 49.2. The maximum Gasteiger partial charge on any atom is 0.259 e. The minimum Gasteiger partial charge on any atom is -0.505 e. The van der Waals surface area contributed by atoms with Crippen LogP contribution in [0.15, 0.2) is 178 Å². The summed E-state index contributed by atoms with van der Waals surface area (Å²) in [5.74, 6) is -1.08. The molecule has 1 aliphatic carbocycles. The van der Waals surface area contributed by atoms with Crippen molar-refractivity contribution in [1.82, 2.24) is 9.97 Å². The molecule has 0 saturated carbocycles. The number of anilines is 2. The number of azo groups is 2. The first-order chi connectivity index (χ1) is 38.5. The fourth-order valence-electron chi connectivity index (χ4n) is 11.0. The number of aromatic amines is 2. The van der Waals surface area contributed by atoms with E-state index in [4.69, 9.17) is 38.3 Å². The van der Waals surface area contributed by atoms with Gasteiger partial charge in [-0.05, 0) is 136 Å². The first-order valence-corrected chi connectivity index (χ1v) is 26.5. The van der Waals surface area contributed by atoms with E-state index in [1.54, 1.807) is 30.3 Å².